The number of hydrogen-bond acceptors (Lipinski definition) is 2. The van der Waals surface area contributed by atoms with Gasteiger partial charge in [-0.15, -0.1) is 0 Å². The summed E-state index contributed by atoms with van der Waals surface area (Å²) in [5, 5.41) is 3.48. The van der Waals surface area contributed by atoms with Crippen LogP contribution in [0.25, 0.3) is 0 Å². The van der Waals surface area contributed by atoms with Crippen LogP contribution < -0.4 is 5.32 Å². The van der Waals surface area contributed by atoms with Gasteiger partial charge in [-0.1, -0.05) is 43.7 Å². The lowest BCUT2D eigenvalue weighted by atomic mass is 9.89. The Kier molecular flexibility index (Phi) is 6.99. The van der Waals surface area contributed by atoms with Gasteiger partial charge in [0.1, 0.15) is 0 Å². The minimum atomic E-state index is 0.684. The fourth-order valence-electron chi connectivity index (χ4n) is 2.15. The van der Waals surface area contributed by atoms with E-state index in [9.17, 15) is 0 Å². The number of benzene rings is 1. The minimum Gasteiger partial charge on any atom is -0.383 e. The van der Waals surface area contributed by atoms with E-state index >= 15 is 0 Å². The summed E-state index contributed by atoms with van der Waals surface area (Å²) in [4.78, 5) is 0. The van der Waals surface area contributed by atoms with Gasteiger partial charge < -0.3 is 10.1 Å². The second-order valence-corrected chi connectivity index (χ2v) is 5.39. The van der Waals surface area contributed by atoms with Crippen molar-refractivity contribution in [2.45, 2.75) is 27.2 Å². The number of nitrogens with one attached hydrogen (secondary N) is 1. The summed E-state index contributed by atoms with van der Waals surface area (Å²) in [6.45, 7) is 9.55. The van der Waals surface area contributed by atoms with Crippen LogP contribution in [0.5, 0.6) is 0 Å². The van der Waals surface area contributed by atoms with E-state index in [4.69, 9.17) is 4.74 Å². The topological polar surface area (TPSA) is 21.3 Å². The molecule has 0 heterocycles. The van der Waals surface area contributed by atoms with Crippen LogP contribution in [0.15, 0.2) is 24.3 Å². The Morgan fingerprint density at radius 2 is 2.06 bits per heavy atom. The first-order valence-electron chi connectivity index (χ1n) is 6.88. The normalized spacial score (nSPS) is 12.9. The van der Waals surface area contributed by atoms with Gasteiger partial charge in [0.15, 0.2) is 0 Å². The first-order valence-corrected chi connectivity index (χ1v) is 6.88. The van der Waals surface area contributed by atoms with Crippen molar-refractivity contribution >= 4 is 0 Å². The molecule has 0 aromatic heterocycles. The van der Waals surface area contributed by atoms with Gasteiger partial charge in [0, 0.05) is 13.7 Å². The van der Waals surface area contributed by atoms with Gasteiger partial charge in [0.05, 0.1) is 6.61 Å². The van der Waals surface area contributed by atoms with Crippen molar-refractivity contribution in [3.05, 3.63) is 35.4 Å². The zero-order chi connectivity index (χ0) is 13.4. The highest BCUT2D eigenvalue weighted by Crippen LogP contribution is 2.17. The predicted octanol–water partition coefficient (Wildman–Crippen LogP) is 3.05. The number of rotatable bonds is 8. The van der Waals surface area contributed by atoms with Crippen molar-refractivity contribution in [2.24, 2.45) is 11.8 Å². The lowest BCUT2D eigenvalue weighted by Gasteiger charge is -2.21. The molecule has 102 valence electrons. The molecule has 0 saturated heterocycles. The summed E-state index contributed by atoms with van der Waals surface area (Å²) in [6.07, 6.45) is 1.15. The maximum Gasteiger partial charge on any atom is 0.0587 e. The third-order valence-corrected chi connectivity index (χ3v) is 3.41. The quantitative estimate of drug-likeness (QED) is 0.715. The van der Waals surface area contributed by atoms with Crippen molar-refractivity contribution in [3.63, 3.8) is 0 Å². The maximum atomic E-state index is 5.06. The smallest absolute Gasteiger partial charge is 0.0587 e. The number of methoxy groups -OCH3 is 1. The van der Waals surface area contributed by atoms with E-state index in [2.05, 4.69) is 50.4 Å². The third-order valence-electron chi connectivity index (χ3n) is 3.41. The first-order chi connectivity index (χ1) is 8.63. The summed E-state index contributed by atoms with van der Waals surface area (Å²) in [6, 6.07) is 8.84. The standard InChI is InChI=1S/C16H27NO/c1-13(2)16(12-17-8-9-18-4)11-15-7-5-6-14(3)10-15/h5-7,10,13,16-17H,8-9,11-12H2,1-4H3. The molecule has 0 radical (unpaired) electrons. The van der Waals surface area contributed by atoms with E-state index in [0.717, 1.165) is 26.1 Å². The van der Waals surface area contributed by atoms with Gasteiger partial charge >= 0.3 is 0 Å². The van der Waals surface area contributed by atoms with Crippen molar-refractivity contribution in [1.29, 1.82) is 0 Å². The molecule has 0 aliphatic carbocycles. The molecule has 1 rings (SSSR count). The SMILES string of the molecule is COCCNCC(Cc1cccc(C)c1)C(C)C. The molecule has 0 saturated carbocycles. The van der Waals surface area contributed by atoms with Gasteiger partial charge in [0.25, 0.3) is 0 Å². The summed E-state index contributed by atoms with van der Waals surface area (Å²) in [7, 11) is 1.74. The molecule has 0 bridgehead atoms. The van der Waals surface area contributed by atoms with Crippen LogP contribution in [0.3, 0.4) is 0 Å². The summed E-state index contributed by atoms with van der Waals surface area (Å²) >= 11 is 0. The maximum absolute atomic E-state index is 5.06. The summed E-state index contributed by atoms with van der Waals surface area (Å²) < 4.78 is 5.06. The fraction of sp³-hybridized carbons (Fsp3) is 0.625. The van der Waals surface area contributed by atoms with Gasteiger partial charge in [-0.05, 0) is 37.3 Å². The molecule has 18 heavy (non-hydrogen) atoms. The van der Waals surface area contributed by atoms with E-state index in [0.29, 0.717) is 11.8 Å². The van der Waals surface area contributed by atoms with Crippen molar-refractivity contribution in [3.8, 4) is 0 Å². The van der Waals surface area contributed by atoms with Crippen LogP contribution in [0.4, 0.5) is 0 Å². The van der Waals surface area contributed by atoms with E-state index in [1.807, 2.05) is 0 Å². The molecule has 0 aliphatic rings. The van der Waals surface area contributed by atoms with Crippen LogP contribution in [-0.2, 0) is 11.2 Å². The van der Waals surface area contributed by atoms with Crippen LogP contribution >= 0.6 is 0 Å². The van der Waals surface area contributed by atoms with Gasteiger partial charge in [-0.25, -0.2) is 0 Å². The second kappa shape index (κ2) is 8.28. The number of ether oxygens (including phenoxy) is 1. The highest BCUT2D eigenvalue weighted by Gasteiger charge is 2.13. The molecular weight excluding hydrogens is 222 g/mol. The average molecular weight is 249 g/mol. The Balaban J connectivity index is 2.47. The molecule has 1 unspecified atom stereocenters. The molecular formula is C16H27NO. The third kappa shape index (κ3) is 5.65. The first kappa shape index (κ1) is 15.2. The predicted molar refractivity (Wildman–Crippen MR) is 78.0 cm³/mol. The van der Waals surface area contributed by atoms with Crippen LogP contribution in [0, 0.1) is 18.8 Å². The van der Waals surface area contributed by atoms with Crippen LogP contribution in [-0.4, -0.2) is 26.8 Å². The molecule has 0 aliphatic heterocycles. The summed E-state index contributed by atoms with van der Waals surface area (Å²) in [5.74, 6) is 1.38. The zero-order valence-electron chi connectivity index (χ0n) is 12.2. The fourth-order valence-corrected chi connectivity index (χ4v) is 2.15. The zero-order valence-corrected chi connectivity index (χ0v) is 12.2. The lowest BCUT2D eigenvalue weighted by Crippen LogP contribution is -2.30. The minimum absolute atomic E-state index is 0.684. The molecule has 0 spiro atoms. The van der Waals surface area contributed by atoms with E-state index in [1.165, 1.54) is 11.1 Å². The van der Waals surface area contributed by atoms with Crippen LogP contribution in [0.1, 0.15) is 25.0 Å². The Morgan fingerprint density at radius 1 is 1.28 bits per heavy atom. The number of aryl methyl sites for hydroxylation is 1. The monoisotopic (exact) mass is 249 g/mol. The van der Waals surface area contributed by atoms with Gasteiger partial charge in [-0.3, -0.25) is 0 Å². The van der Waals surface area contributed by atoms with E-state index < -0.39 is 0 Å². The van der Waals surface area contributed by atoms with E-state index in [-0.39, 0.29) is 0 Å². The summed E-state index contributed by atoms with van der Waals surface area (Å²) in [5.41, 5.74) is 2.80. The molecule has 1 atom stereocenters. The van der Waals surface area contributed by atoms with Crippen molar-refractivity contribution in [2.75, 3.05) is 26.8 Å². The lowest BCUT2D eigenvalue weighted by molar-refractivity contribution is 0.196. The molecule has 0 amide bonds. The second-order valence-electron chi connectivity index (χ2n) is 5.39. The van der Waals surface area contributed by atoms with Gasteiger partial charge in [-0.2, -0.15) is 0 Å². The number of hydrogen-bond donors (Lipinski definition) is 1. The van der Waals surface area contributed by atoms with Crippen molar-refractivity contribution < 1.29 is 4.74 Å². The largest absolute Gasteiger partial charge is 0.383 e. The molecule has 1 aromatic rings. The van der Waals surface area contributed by atoms with E-state index in [1.54, 1.807) is 7.11 Å². The Morgan fingerprint density at radius 3 is 2.67 bits per heavy atom. The molecule has 1 N–H and O–H groups in total. The average Bonchev–Trinajstić information content (AvgIpc) is 2.33. The van der Waals surface area contributed by atoms with Gasteiger partial charge in [0.2, 0.25) is 0 Å². The van der Waals surface area contributed by atoms with Crippen molar-refractivity contribution in [1.82, 2.24) is 5.32 Å². The molecule has 1 aromatic carbocycles. The Bertz CT molecular complexity index is 336. The van der Waals surface area contributed by atoms with Crippen LogP contribution in [0.2, 0.25) is 0 Å². The highest BCUT2D eigenvalue weighted by atomic mass is 16.5. The highest BCUT2D eigenvalue weighted by molar-refractivity contribution is 5.22. The Hall–Kier alpha value is -0.860. The molecule has 2 nitrogen and oxygen atoms in total. The molecule has 2 heteroatoms. The molecule has 0 fully saturated rings. The Labute approximate surface area is 112 Å².